The van der Waals surface area contributed by atoms with E-state index in [1.807, 2.05) is 23.1 Å². The molecule has 0 spiro atoms. The minimum absolute atomic E-state index is 0.0939. The largest absolute Gasteiger partial charge is 0.484 e. The Bertz CT molecular complexity index is 703. The predicted octanol–water partition coefficient (Wildman–Crippen LogP) is 4.16. The lowest BCUT2D eigenvalue weighted by Gasteiger charge is -2.32. The molecule has 132 valence electrons. The van der Waals surface area contributed by atoms with Gasteiger partial charge < -0.3 is 9.64 Å². The first-order valence-electron chi connectivity index (χ1n) is 9.13. The fourth-order valence-corrected chi connectivity index (χ4v) is 3.37. The molecule has 2 aromatic rings. The van der Waals surface area contributed by atoms with Crippen molar-refractivity contribution in [2.75, 3.05) is 19.7 Å². The first-order valence-corrected chi connectivity index (χ1v) is 9.13. The van der Waals surface area contributed by atoms with E-state index in [-0.39, 0.29) is 12.5 Å². The summed E-state index contributed by atoms with van der Waals surface area (Å²) in [7, 11) is 0. The van der Waals surface area contributed by atoms with Crippen molar-refractivity contribution in [1.82, 2.24) is 4.90 Å². The van der Waals surface area contributed by atoms with Gasteiger partial charge >= 0.3 is 0 Å². The SMILES string of the molecule is Cc1ccc(OCC(=O)N2CCC(Cc3ccccc3)CC2)cc1C. The standard InChI is InChI=1S/C22H27NO2/c1-17-8-9-21(14-18(17)2)25-16-22(24)23-12-10-20(11-13-23)15-19-6-4-3-5-7-19/h3-9,14,20H,10-13,15-16H2,1-2H3. The Hall–Kier alpha value is -2.29. The van der Waals surface area contributed by atoms with Gasteiger partial charge in [-0.25, -0.2) is 0 Å². The van der Waals surface area contributed by atoms with Crippen LogP contribution >= 0.6 is 0 Å². The molecule has 0 bridgehead atoms. The molecule has 1 heterocycles. The van der Waals surface area contributed by atoms with Gasteiger partial charge in [0.15, 0.2) is 6.61 Å². The van der Waals surface area contributed by atoms with E-state index in [1.54, 1.807) is 0 Å². The second-order valence-corrected chi connectivity index (χ2v) is 7.05. The van der Waals surface area contributed by atoms with E-state index in [4.69, 9.17) is 4.74 Å². The molecule has 1 aliphatic rings. The Kier molecular flexibility index (Phi) is 5.75. The summed E-state index contributed by atoms with van der Waals surface area (Å²) in [5.74, 6) is 1.54. The molecule has 0 N–H and O–H groups in total. The monoisotopic (exact) mass is 337 g/mol. The molecule has 0 radical (unpaired) electrons. The first kappa shape index (κ1) is 17.5. The number of hydrogen-bond acceptors (Lipinski definition) is 2. The van der Waals surface area contributed by atoms with Gasteiger partial charge in [-0.3, -0.25) is 4.79 Å². The van der Waals surface area contributed by atoms with Crippen molar-refractivity contribution in [2.24, 2.45) is 5.92 Å². The van der Waals surface area contributed by atoms with Gasteiger partial charge in [0.25, 0.3) is 5.91 Å². The van der Waals surface area contributed by atoms with Gasteiger partial charge in [0.2, 0.25) is 0 Å². The number of rotatable bonds is 5. The van der Waals surface area contributed by atoms with Crippen LogP contribution in [0.4, 0.5) is 0 Å². The summed E-state index contributed by atoms with van der Waals surface area (Å²) >= 11 is 0. The normalized spacial score (nSPS) is 15.2. The zero-order valence-corrected chi connectivity index (χ0v) is 15.2. The van der Waals surface area contributed by atoms with E-state index < -0.39 is 0 Å². The van der Waals surface area contributed by atoms with Crippen LogP contribution in [0.5, 0.6) is 5.75 Å². The zero-order chi connectivity index (χ0) is 17.6. The number of amides is 1. The molecule has 0 aliphatic carbocycles. The predicted molar refractivity (Wildman–Crippen MR) is 101 cm³/mol. The molecule has 0 unspecified atom stereocenters. The van der Waals surface area contributed by atoms with Gasteiger partial charge in [-0.2, -0.15) is 0 Å². The molecule has 1 saturated heterocycles. The van der Waals surface area contributed by atoms with Crippen LogP contribution in [0.1, 0.15) is 29.5 Å². The maximum atomic E-state index is 12.4. The number of benzene rings is 2. The summed E-state index contributed by atoms with van der Waals surface area (Å²) in [4.78, 5) is 14.3. The minimum atomic E-state index is 0.0939. The topological polar surface area (TPSA) is 29.5 Å². The quantitative estimate of drug-likeness (QED) is 0.820. The molecular weight excluding hydrogens is 310 g/mol. The molecule has 0 saturated carbocycles. The molecular formula is C22H27NO2. The summed E-state index contributed by atoms with van der Waals surface area (Å²) in [5, 5.41) is 0. The lowest BCUT2D eigenvalue weighted by Crippen LogP contribution is -2.41. The van der Waals surface area contributed by atoms with Crippen LogP contribution in [-0.4, -0.2) is 30.5 Å². The number of hydrogen-bond donors (Lipinski definition) is 0. The highest BCUT2D eigenvalue weighted by Crippen LogP contribution is 2.22. The van der Waals surface area contributed by atoms with Crippen LogP contribution in [0, 0.1) is 19.8 Å². The summed E-state index contributed by atoms with van der Waals surface area (Å²) in [6.07, 6.45) is 3.26. The van der Waals surface area contributed by atoms with Gasteiger partial charge in [-0.05, 0) is 67.9 Å². The Labute approximate surface area is 150 Å². The van der Waals surface area contributed by atoms with E-state index >= 15 is 0 Å². The van der Waals surface area contributed by atoms with Crippen molar-refractivity contribution < 1.29 is 9.53 Å². The highest BCUT2D eigenvalue weighted by Gasteiger charge is 2.23. The van der Waals surface area contributed by atoms with Crippen LogP contribution in [0.25, 0.3) is 0 Å². The molecule has 1 amide bonds. The average molecular weight is 337 g/mol. The van der Waals surface area contributed by atoms with E-state index in [9.17, 15) is 4.79 Å². The van der Waals surface area contributed by atoms with Crippen LogP contribution < -0.4 is 4.74 Å². The Morgan fingerprint density at radius 1 is 1.04 bits per heavy atom. The Balaban J connectivity index is 1.44. The highest BCUT2D eigenvalue weighted by molar-refractivity contribution is 5.77. The van der Waals surface area contributed by atoms with Gasteiger partial charge in [0.05, 0.1) is 0 Å². The van der Waals surface area contributed by atoms with E-state index in [0.717, 1.165) is 38.1 Å². The maximum absolute atomic E-state index is 12.4. The fraction of sp³-hybridized carbons (Fsp3) is 0.409. The number of aryl methyl sites for hydroxylation is 2. The molecule has 1 aliphatic heterocycles. The van der Waals surface area contributed by atoms with E-state index in [0.29, 0.717) is 5.92 Å². The lowest BCUT2D eigenvalue weighted by molar-refractivity contribution is -0.134. The zero-order valence-electron chi connectivity index (χ0n) is 15.2. The third-order valence-electron chi connectivity index (χ3n) is 5.18. The molecule has 2 aromatic carbocycles. The second kappa shape index (κ2) is 8.19. The number of nitrogens with zero attached hydrogens (tertiary/aromatic N) is 1. The van der Waals surface area contributed by atoms with Gasteiger partial charge in [0.1, 0.15) is 5.75 Å². The van der Waals surface area contributed by atoms with Crippen molar-refractivity contribution >= 4 is 5.91 Å². The number of likely N-dealkylation sites (tertiary alicyclic amines) is 1. The van der Waals surface area contributed by atoms with E-state index in [1.165, 1.54) is 16.7 Å². The van der Waals surface area contributed by atoms with Crippen molar-refractivity contribution in [2.45, 2.75) is 33.1 Å². The molecule has 3 heteroatoms. The highest BCUT2D eigenvalue weighted by atomic mass is 16.5. The van der Waals surface area contributed by atoms with Crippen LogP contribution in [0.2, 0.25) is 0 Å². The number of piperidine rings is 1. The van der Waals surface area contributed by atoms with Crippen molar-refractivity contribution in [1.29, 1.82) is 0 Å². The molecule has 25 heavy (non-hydrogen) atoms. The molecule has 3 nitrogen and oxygen atoms in total. The molecule has 1 fully saturated rings. The van der Waals surface area contributed by atoms with Gasteiger partial charge in [0, 0.05) is 13.1 Å². The second-order valence-electron chi connectivity index (χ2n) is 7.05. The molecule has 0 aromatic heterocycles. The molecule has 0 atom stereocenters. The minimum Gasteiger partial charge on any atom is -0.484 e. The van der Waals surface area contributed by atoms with Gasteiger partial charge in [-0.1, -0.05) is 36.4 Å². The lowest BCUT2D eigenvalue weighted by atomic mass is 9.90. The van der Waals surface area contributed by atoms with Gasteiger partial charge in [-0.15, -0.1) is 0 Å². The first-order chi connectivity index (χ1) is 12.1. The van der Waals surface area contributed by atoms with Crippen molar-refractivity contribution in [3.8, 4) is 5.75 Å². The summed E-state index contributed by atoms with van der Waals surface area (Å²) in [5.41, 5.74) is 3.82. The average Bonchev–Trinajstić information content (AvgIpc) is 2.64. The summed E-state index contributed by atoms with van der Waals surface area (Å²) in [6.45, 7) is 5.94. The maximum Gasteiger partial charge on any atom is 0.260 e. The van der Waals surface area contributed by atoms with Crippen LogP contribution in [-0.2, 0) is 11.2 Å². The van der Waals surface area contributed by atoms with Crippen LogP contribution in [0.3, 0.4) is 0 Å². The fourth-order valence-electron chi connectivity index (χ4n) is 3.37. The van der Waals surface area contributed by atoms with Crippen molar-refractivity contribution in [3.63, 3.8) is 0 Å². The smallest absolute Gasteiger partial charge is 0.260 e. The number of carbonyl (C=O) groups excluding carboxylic acids is 1. The Morgan fingerprint density at radius 2 is 1.76 bits per heavy atom. The molecule has 3 rings (SSSR count). The summed E-state index contributed by atoms with van der Waals surface area (Å²) in [6, 6.07) is 16.6. The Morgan fingerprint density at radius 3 is 2.44 bits per heavy atom. The van der Waals surface area contributed by atoms with Crippen LogP contribution in [0.15, 0.2) is 48.5 Å². The van der Waals surface area contributed by atoms with Crippen molar-refractivity contribution in [3.05, 3.63) is 65.2 Å². The number of ether oxygens (including phenoxy) is 1. The third kappa shape index (κ3) is 4.85. The number of carbonyl (C=O) groups is 1. The van der Waals surface area contributed by atoms with E-state index in [2.05, 4.69) is 44.2 Å². The third-order valence-corrected chi connectivity index (χ3v) is 5.18. The summed E-state index contributed by atoms with van der Waals surface area (Å²) < 4.78 is 5.69.